The maximum Gasteiger partial charge on any atom is 0.573 e. The normalized spacial score (nSPS) is 16.2. The molecule has 13 heteroatoms. The lowest BCUT2D eigenvalue weighted by molar-refractivity contribution is -0.274. The van der Waals surface area contributed by atoms with Gasteiger partial charge in [-0.25, -0.2) is 0 Å². The fraction of sp³-hybridized carbons (Fsp3) is 0.381. The Morgan fingerprint density at radius 3 is 2.76 bits per heavy atom. The van der Waals surface area contributed by atoms with E-state index in [1.165, 1.54) is 18.2 Å². The van der Waals surface area contributed by atoms with Gasteiger partial charge in [-0.3, -0.25) is 4.79 Å². The van der Waals surface area contributed by atoms with Crippen molar-refractivity contribution >= 4 is 34.0 Å². The molecule has 1 aromatic carbocycles. The summed E-state index contributed by atoms with van der Waals surface area (Å²) in [6.07, 6.45) is -2.93. The Hall–Kier alpha value is -3.48. The second-order valence-electron chi connectivity index (χ2n) is 7.68. The zero-order valence-corrected chi connectivity index (χ0v) is 19.0. The molecule has 3 heterocycles. The van der Waals surface area contributed by atoms with E-state index in [1.54, 1.807) is 29.5 Å². The van der Waals surface area contributed by atoms with Crippen LogP contribution in [0.15, 0.2) is 36.4 Å². The molecule has 0 radical (unpaired) electrons. The van der Waals surface area contributed by atoms with Gasteiger partial charge in [-0.05, 0) is 42.7 Å². The summed E-state index contributed by atoms with van der Waals surface area (Å²) in [4.78, 5) is 14.4. The molecule has 0 spiro atoms. The van der Waals surface area contributed by atoms with Crippen LogP contribution in [0.1, 0.15) is 29.3 Å². The van der Waals surface area contributed by atoms with Crippen molar-refractivity contribution in [2.24, 2.45) is 0 Å². The van der Waals surface area contributed by atoms with Crippen molar-refractivity contribution in [3.05, 3.63) is 47.0 Å². The Balaban J connectivity index is 1.33. The molecule has 1 aliphatic heterocycles. The van der Waals surface area contributed by atoms with Crippen LogP contribution < -0.4 is 20.3 Å². The van der Waals surface area contributed by atoms with Crippen LogP contribution in [0.25, 0.3) is 0 Å². The lowest BCUT2D eigenvalue weighted by Gasteiger charge is -2.32. The molecule has 0 bridgehead atoms. The summed E-state index contributed by atoms with van der Waals surface area (Å²) in [6, 6.07) is 8.72. The molecule has 4 rings (SSSR count). The number of nitrogens with one attached hydrogen (secondary N) is 2. The highest BCUT2D eigenvalue weighted by atomic mass is 32.1. The van der Waals surface area contributed by atoms with Crippen LogP contribution in [0.2, 0.25) is 0 Å². The number of anilines is 3. The van der Waals surface area contributed by atoms with Gasteiger partial charge in [0.25, 0.3) is 0 Å². The van der Waals surface area contributed by atoms with Gasteiger partial charge < -0.3 is 20.3 Å². The third-order valence-electron chi connectivity index (χ3n) is 5.16. The van der Waals surface area contributed by atoms with Crippen molar-refractivity contribution in [1.82, 2.24) is 20.4 Å². The molecule has 0 saturated carbocycles. The molecule has 3 aromatic rings. The lowest BCUT2D eigenvalue weighted by Crippen LogP contribution is -2.35. The Morgan fingerprint density at radius 2 is 2.06 bits per heavy atom. The van der Waals surface area contributed by atoms with E-state index in [4.69, 9.17) is 0 Å². The molecule has 1 atom stereocenters. The first kappa shape index (κ1) is 23.7. The van der Waals surface area contributed by atoms with Gasteiger partial charge in [0.2, 0.25) is 11.0 Å². The summed E-state index contributed by atoms with van der Waals surface area (Å²) in [5.74, 6) is 0.399. The van der Waals surface area contributed by atoms with Crippen molar-refractivity contribution in [1.29, 1.82) is 0 Å². The summed E-state index contributed by atoms with van der Waals surface area (Å²) in [6.45, 7) is 1.58. The van der Waals surface area contributed by atoms with Crippen molar-refractivity contribution in [2.75, 3.05) is 35.7 Å². The van der Waals surface area contributed by atoms with E-state index in [2.05, 4.69) is 40.7 Å². The number of benzene rings is 1. The molecule has 1 saturated heterocycles. The molecular weight excluding hydrogens is 471 g/mol. The highest BCUT2D eigenvalue weighted by Crippen LogP contribution is 2.32. The molecule has 2 aromatic heterocycles. The van der Waals surface area contributed by atoms with E-state index in [9.17, 15) is 18.0 Å². The first-order chi connectivity index (χ1) is 16.3. The summed E-state index contributed by atoms with van der Waals surface area (Å²) >= 11 is 1.54. The summed E-state index contributed by atoms with van der Waals surface area (Å²) in [5, 5.41) is 24.1. The first-order valence-corrected chi connectivity index (χ1v) is 11.3. The van der Waals surface area contributed by atoms with E-state index in [1.807, 2.05) is 7.05 Å². The number of aromatic nitrogens is 4. The number of alkyl halides is 3. The molecule has 1 aliphatic rings. The van der Waals surface area contributed by atoms with E-state index >= 15 is 0 Å². The van der Waals surface area contributed by atoms with E-state index in [0.29, 0.717) is 11.4 Å². The monoisotopic (exact) mass is 493 g/mol. The van der Waals surface area contributed by atoms with Gasteiger partial charge in [0.1, 0.15) is 10.8 Å². The van der Waals surface area contributed by atoms with E-state index < -0.39 is 12.3 Å². The van der Waals surface area contributed by atoms with Crippen LogP contribution in [0.4, 0.5) is 29.9 Å². The Morgan fingerprint density at radius 1 is 1.21 bits per heavy atom. The van der Waals surface area contributed by atoms with Gasteiger partial charge in [-0.15, -0.1) is 33.6 Å². The Labute approximate surface area is 197 Å². The van der Waals surface area contributed by atoms with Crippen molar-refractivity contribution < 1.29 is 22.7 Å². The smallest absolute Gasteiger partial charge is 0.406 e. The average Bonchev–Trinajstić information content (AvgIpc) is 3.28. The number of hydrogen-bond acceptors (Lipinski definition) is 9. The maximum atomic E-state index is 12.4. The fourth-order valence-corrected chi connectivity index (χ4v) is 4.50. The van der Waals surface area contributed by atoms with Crippen molar-refractivity contribution in [2.45, 2.75) is 31.5 Å². The van der Waals surface area contributed by atoms with Crippen molar-refractivity contribution in [3.63, 3.8) is 0 Å². The fourth-order valence-electron chi connectivity index (χ4n) is 3.67. The largest absolute Gasteiger partial charge is 0.573 e. The highest BCUT2D eigenvalue weighted by molar-refractivity contribution is 7.15. The SMILES string of the molecule is CNc1nnc(C2CCCN(c3ccc(NC(=O)Cc4cccc(OC(F)(F)F)c4)nn3)C2)s1. The van der Waals surface area contributed by atoms with Crippen LogP contribution >= 0.6 is 11.3 Å². The minimum atomic E-state index is -4.79. The van der Waals surface area contributed by atoms with Gasteiger partial charge in [-0.2, -0.15) is 0 Å². The second kappa shape index (κ2) is 10.2. The average molecular weight is 494 g/mol. The first-order valence-electron chi connectivity index (χ1n) is 10.5. The number of ether oxygens (including phenoxy) is 1. The number of amides is 1. The summed E-state index contributed by atoms with van der Waals surface area (Å²) in [7, 11) is 1.81. The predicted molar refractivity (Wildman–Crippen MR) is 121 cm³/mol. The highest BCUT2D eigenvalue weighted by Gasteiger charge is 2.31. The van der Waals surface area contributed by atoms with Crippen molar-refractivity contribution in [3.8, 4) is 5.75 Å². The maximum absolute atomic E-state index is 12.4. The molecule has 1 fully saturated rings. The topological polar surface area (TPSA) is 105 Å². The van der Waals surface area contributed by atoms with E-state index in [-0.39, 0.29) is 23.9 Å². The second-order valence-corrected chi connectivity index (χ2v) is 8.69. The van der Waals surface area contributed by atoms with Crippen LogP contribution in [-0.4, -0.2) is 52.8 Å². The number of nitrogens with zero attached hydrogens (tertiary/aromatic N) is 5. The molecule has 0 aliphatic carbocycles. The predicted octanol–water partition coefficient (Wildman–Crippen LogP) is 3.83. The third kappa shape index (κ3) is 6.31. The van der Waals surface area contributed by atoms with Gasteiger partial charge >= 0.3 is 6.36 Å². The molecule has 2 N–H and O–H groups in total. The molecule has 34 heavy (non-hydrogen) atoms. The minimum Gasteiger partial charge on any atom is -0.406 e. The molecular formula is C21H22F3N7O2S. The van der Waals surface area contributed by atoms with Gasteiger partial charge in [-0.1, -0.05) is 23.5 Å². The Bertz CT molecular complexity index is 1120. The van der Waals surface area contributed by atoms with Gasteiger partial charge in [0.05, 0.1) is 6.42 Å². The summed E-state index contributed by atoms with van der Waals surface area (Å²) < 4.78 is 41.0. The van der Waals surface area contributed by atoms with Gasteiger partial charge in [0, 0.05) is 26.1 Å². The molecule has 180 valence electrons. The summed E-state index contributed by atoms with van der Waals surface area (Å²) in [5.41, 5.74) is 0.376. The number of carbonyl (C=O) groups is 1. The van der Waals surface area contributed by atoms with Crippen LogP contribution in [0.5, 0.6) is 5.75 Å². The Kier molecular flexibility index (Phi) is 7.10. The number of piperidine rings is 1. The minimum absolute atomic E-state index is 0.136. The van der Waals surface area contributed by atoms with Crippen LogP contribution in [0.3, 0.4) is 0 Å². The lowest BCUT2D eigenvalue weighted by atomic mass is 9.99. The molecule has 1 unspecified atom stereocenters. The number of halogens is 3. The number of hydrogen-bond donors (Lipinski definition) is 2. The zero-order valence-electron chi connectivity index (χ0n) is 18.2. The van der Waals surface area contributed by atoms with E-state index in [0.717, 1.165) is 36.1 Å². The standard InChI is InChI=1S/C21H22F3N7O2S/c1-25-20-30-29-19(34-20)14-5-3-9-31(12-14)17-8-7-16(27-28-17)26-18(32)11-13-4-2-6-15(10-13)33-21(22,23)24/h2,4,6-8,10,14H,3,5,9,11-12H2,1H3,(H,25,30)(H,26,27,32). The zero-order chi connectivity index (χ0) is 24.1. The molecule has 9 nitrogen and oxygen atoms in total. The third-order valence-corrected chi connectivity index (χ3v) is 6.27. The van der Waals surface area contributed by atoms with Crippen LogP contribution in [0, 0.1) is 0 Å². The number of rotatable bonds is 7. The quantitative estimate of drug-likeness (QED) is 0.512. The molecule has 1 amide bonds. The number of carbonyl (C=O) groups excluding carboxylic acids is 1. The van der Waals surface area contributed by atoms with Crippen LogP contribution in [-0.2, 0) is 11.2 Å². The van der Waals surface area contributed by atoms with Gasteiger partial charge in [0.15, 0.2) is 11.6 Å².